The van der Waals surface area contributed by atoms with Crippen LogP contribution < -0.4 is 10.6 Å². The lowest BCUT2D eigenvalue weighted by molar-refractivity contribution is 0.167. The number of nitrogens with zero attached hydrogens (tertiary/aromatic N) is 1. The standard InChI is InChI=1S/C11H15N3O4/c1-3-17-10(15)13-8-5-6-12-9(7-8)14-11(16)18-4-2/h5-7H,3-4H2,1-2H3,(H2,12,13,14,15,16). The average molecular weight is 253 g/mol. The minimum Gasteiger partial charge on any atom is -0.450 e. The number of amides is 2. The van der Waals surface area contributed by atoms with Crippen LogP contribution in [0.2, 0.25) is 0 Å². The van der Waals surface area contributed by atoms with Crippen LogP contribution in [-0.4, -0.2) is 30.4 Å². The molecule has 2 amide bonds. The summed E-state index contributed by atoms with van der Waals surface area (Å²) in [6.07, 6.45) is 0.285. The van der Waals surface area contributed by atoms with Gasteiger partial charge < -0.3 is 9.47 Å². The predicted molar refractivity (Wildman–Crippen MR) is 65.5 cm³/mol. The number of rotatable bonds is 4. The van der Waals surface area contributed by atoms with E-state index in [1.54, 1.807) is 19.9 Å². The molecule has 0 saturated heterocycles. The second-order valence-corrected chi connectivity index (χ2v) is 3.12. The molecule has 1 aromatic rings. The Morgan fingerprint density at radius 2 is 1.78 bits per heavy atom. The highest BCUT2D eigenvalue weighted by Crippen LogP contribution is 2.12. The first-order chi connectivity index (χ1) is 8.65. The van der Waals surface area contributed by atoms with Gasteiger partial charge in [0.1, 0.15) is 5.82 Å². The Morgan fingerprint density at radius 1 is 1.17 bits per heavy atom. The van der Waals surface area contributed by atoms with Gasteiger partial charge in [-0.2, -0.15) is 0 Å². The third-order valence-corrected chi connectivity index (χ3v) is 1.79. The highest BCUT2D eigenvalue weighted by atomic mass is 16.6. The van der Waals surface area contributed by atoms with Gasteiger partial charge in [0.2, 0.25) is 0 Å². The van der Waals surface area contributed by atoms with Crippen molar-refractivity contribution >= 4 is 23.7 Å². The second kappa shape index (κ2) is 7.10. The van der Waals surface area contributed by atoms with Gasteiger partial charge >= 0.3 is 12.2 Å². The maximum Gasteiger partial charge on any atom is 0.412 e. The molecule has 0 radical (unpaired) electrons. The Kier molecular flexibility index (Phi) is 5.43. The van der Waals surface area contributed by atoms with Gasteiger partial charge in [0.05, 0.1) is 13.2 Å². The van der Waals surface area contributed by atoms with E-state index in [4.69, 9.17) is 9.47 Å². The number of pyridine rings is 1. The first-order valence-electron chi connectivity index (χ1n) is 5.49. The maximum absolute atomic E-state index is 11.2. The molecule has 0 fully saturated rings. The number of carbonyl (C=O) groups is 2. The van der Waals surface area contributed by atoms with Crippen LogP contribution in [-0.2, 0) is 9.47 Å². The van der Waals surface area contributed by atoms with Gasteiger partial charge in [0.25, 0.3) is 0 Å². The number of aromatic nitrogens is 1. The second-order valence-electron chi connectivity index (χ2n) is 3.12. The van der Waals surface area contributed by atoms with E-state index >= 15 is 0 Å². The molecule has 7 heteroatoms. The molecule has 98 valence electrons. The quantitative estimate of drug-likeness (QED) is 0.858. The van der Waals surface area contributed by atoms with Crippen LogP contribution in [0.4, 0.5) is 21.1 Å². The van der Waals surface area contributed by atoms with Crippen LogP contribution in [0, 0.1) is 0 Å². The lowest BCUT2D eigenvalue weighted by Crippen LogP contribution is -2.16. The molecule has 7 nitrogen and oxygen atoms in total. The fourth-order valence-corrected chi connectivity index (χ4v) is 1.13. The molecular weight excluding hydrogens is 238 g/mol. The summed E-state index contributed by atoms with van der Waals surface area (Å²) in [6, 6.07) is 3.07. The van der Waals surface area contributed by atoms with Crippen LogP contribution in [0.5, 0.6) is 0 Å². The first kappa shape index (κ1) is 13.8. The van der Waals surface area contributed by atoms with Crippen molar-refractivity contribution in [2.45, 2.75) is 13.8 Å². The van der Waals surface area contributed by atoms with Gasteiger partial charge in [0, 0.05) is 18.0 Å². The number of hydrogen-bond donors (Lipinski definition) is 2. The molecule has 0 unspecified atom stereocenters. The van der Waals surface area contributed by atoms with Crippen LogP contribution in [0.15, 0.2) is 18.3 Å². The molecule has 0 saturated carbocycles. The minimum atomic E-state index is -0.599. The fraction of sp³-hybridized carbons (Fsp3) is 0.364. The SMILES string of the molecule is CCOC(=O)Nc1ccnc(NC(=O)OCC)c1. The zero-order valence-corrected chi connectivity index (χ0v) is 10.2. The zero-order chi connectivity index (χ0) is 13.4. The Balaban J connectivity index is 2.61. The first-order valence-corrected chi connectivity index (χ1v) is 5.49. The largest absolute Gasteiger partial charge is 0.450 e. The van der Waals surface area contributed by atoms with Crippen molar-refractivity contribution < 1.29 is 19.1 Å². The zero-order valence-electron chi connectivity index (χ0n) is 10.2. The summed E-state index contributed by atoms with van der Waals surface area (Å²) in [5, 5.41) is 4.92. The summed E-state index contributed by atoms with van der Waals surface area (Å²) in [6.45, 7) is 3.96. The highest BCUT2D eigenvalue weighted by Gasteiger charge is 2.06. The van der Waals surface area contributed by atoms with Gasteiger partial charge in [-0.1, -0.05) is 0 Å². The Labute approximate surface area is 104 Å². The molecule has 0 aromatic carbocycles. The summed E-state index contributed by atoms with van der Waals surface area (Å²) in [7, 11) is 0. The van der Waals surface area contributed by atoms with Crippen LogP contribution >= 0.6 is 0 Å². The number of hydrogen-bond acceptors (Lipinski definition) is 5. The van der Waals surface area contributed by atoms with Gasteiger partial charge in [-0.05, 0) is 19.9 Å². The highest BCUT2D eigenvalue weighted by molar-refractivity contribution is 5.87. The summed E-state index contributed by atoms with van der Waals surface area (Å²) in [5.41, 5.74) is 0.468. The van der Waals surface area contributed by atoms with Crippen LogP contribution in [0.3, 0.4) is 0 Å². The van der Waals surface area contributed by atoms with Crippen molar-refractivity contribution in [2.75, 3.05) is 23.8 Å². The number of carbonyl (C=O) groups excluding carboxylic acids is 2. The van der Waals surface area contributed by atoms with Crippen molar-refractivity contribution in [2.24, 2.45) is 0 Å². The van der Waals surface area contributed by atoms with E-state index in [0.29, 0.717) is 5.69 Å². The predicted octanol–water partition coefficient (Wildman–Crippen LogP) is 2.22. The lowest BCUT2D eigenvalue weighted by atomic mass is 10.4. The molecule has 0 spiro atoms. The summed E-state index contributed by atoms with van der Waals surface area (Å²) >= 11 is 0. The van der Waals surface area contributed by atoms with E-state index in [9.17, 15) is 9.59 Å². The van der Waals surface area contributed by atoms with Crippen molar-refractivity contribution in [3.8, 4) is 0 Å². The smallest absolute Gasteiger partial charge is 0.412 e. The van der Waals surface area contributed by atoms with Crippen molar-refractivity contribution in [1.82, 2.24) is 4.98 Å². The Bertz CT molecular complexity index is 387. The van der Waals surface area contributed by atoms with Gasteiger partial charge in [0.15, 0.2) is 0 Å². The summed E-state index contributed by atoms with van der Waals surface area (Å²) < 4.78 is 9.43. The third-order valence-electron chi connectivity index (χ3n) is 1.79. The molecular formula is C11H15N3O4. The molecule has 0 aliphatic rings. The van der Waals surface area contributed by atoms with E-state index in [1.807, 2.05) is 0 Å². The lowest BCUT2D eigenvalue weighted by Gasteiger charge is -2.07. The molecule has 0 atom stereocenters. The van der Waals surface area contributed by atoms with Crippen LogP contribution in [0.1, 0.15) is 13.8 Å². The average Bonchev–Trinajstić information content (AvgIpc) is 2.29. The van der Waals surface area contributed by atoms with Gasteiger partial charge in [-0.3, -0.25) is 10.6 Å². The van der Waals surface area contributed by atoms with E-state index in [0.717, 1.165) is 0 Å². The molecule has 0 aliphatic carbocycles. The number of anilines is 2. The summed E-state index contributed by atoms with van der Waals surface area (Å²) in [4.78, 5) is 26.3. The summed E-state index contributed by atoms with van der Waals surface area (Å²) in [5.74, 6) is 0.280. The van der Waals surface area contributed by atoms with Crippen molar-refractivity contribution in [1.29, 1.82) is 0 Å². The molecule has 0 bridgehead atoms. The van der Waals surface area contributed by atoms with Crippen LogP contribution in [0.25, 0.3) is 0 Å². The van der Waals surface area contributed by atoms with Crippen molar-refractivity contribution in [3.05, 3.63) is 18.3 Å². The third kappa shape index (κ3) is 4.69. The normalized spacial score (nSPS) is 9.44. The number of nitrogens with one attached hydrogen (secondary N) is 2. The van der Waals surface area contributed by atoms with E-state index in [-0.39, 0.29) is 19.0 Å². The van der Waals surface area contributed by atoms with Gasteiger partial charge in [-0.15, -0.1) is 0 Å². The molecule has 1 rings (SSSR count). The minimum absolute atomic E-state index is 0.270. The molecule has 2 N–H and O–H groups in total. The van der Waals surface area contributed by atoms with E-state index in [2.05, 4.69) is 15.6 Å². The van der Waals surface area contributed by atoms with Gasteiger partial charge in [-0.25, -0.2) is 14.6 Å². The topological polar surface area (TPSA) is 89.5 Å². The van der Waals surface area contributed by atoms with E-state index < -0.39 is 12.2 Å². The van der Waals surface area contributed by atoms with E-state index in [1.165, 1.54) is 12.3 Å². The molecule has 18 heavy (non-hydrogen) atoms. The Hall–Kier alpha value is -2.31. The number of ether oxygens (including phenoxy) is 2. The molecule has 1 heterocycles. The molecule has 0 aliphatic heterocycles. The van der Waals surface area contributed by atoms with Crippen molar-refractivity contribution in [3.63, 3.8) is 0 Å². The fourth-order valence-electron chi connectivity index (χ4n) is 1.13. The molecule has 1 aromatic heterocycles. The Morgan fingerprint density at radius 3 is 2.39 bits per heavy atom. The maximum atomic E-state index is 11.2. The monoisotopic (exact) mass is 253 g/mol.